The fourth-order valence-electron chi connectivity index (χ4n) is 1.76. The van der Waals surface area contributed by atoms with E-state index in [1.54, 1.807) is 0 Å². The van der Waals surface area contributed by atoms with Gasteiger partial charge >= 0.3 is 0 Å². The zero-order valence-electron chi connectivity index (χ0n) is 9.24. The van der Waals surface area contributed by atoms with Crippen molar-refractivity contribution in [2.45, 2.75) is 12.5 Å². The van der Waals surface area contributed by atoms with Crippen molar-refractivity contribution in [3.63, 3.8) is 0 Å². The van der Waals surface area contributed by atoms with Crippen molar-refractivity contribution in [1.82, 2.24) is 0 Å². The third kappa shape index (κ3) is 3.53. The van der Waals surface area contributed by atoms with Crippen LogP contribution in [0.3, 0.4) is 0 Å². The zero-order chi connectivity index (χ0) is 12.3. The molecule has 0 saturated heterocycles. The molecule has 88 valence electrons. The molecule has 2 aromatic rings. The second-order valence-electron chi connectivity index (χ2n) is 3.96. The lowest BCUT2D eigenvalue weighted by atomic mass is 10.00. The molecule has 1 unspecified atom stereocenters. The maximum Gasteiger partial charge on any atom is 0.0347 e. The number of benzene rings is 2. The minimum absolute atomic E-state index is 0.0330. The molecule has 0 saturated carbocycles. The van der Waals surface area contributed by atoms with Crippen LogP contribution in [0.5, 0.6) is 0 Å². The van der Waals surface area contributed by atoms with E-state index in [0.29, 0.717) is 0 Å². The van der Waals surface area contributed by atoms with Crippen LogP contribution in [0.1, 0.15) is 17.2 Å². The Morgan fingerprint density at radius 3 is 2.35 bits per heavy atom. The monoisotopic (exact) mass is 401 g/mol. The molecular weight excluding hydrogens is 389 g/mol. The lowest BCUT2D eigenvalue weighted by molar-refractivity contribution is 0.718. The van der Waals surface area contributed by atoms with Crippen LogP contribution in [-0.2, 0) is 6.42 Å². The molecule has 0 spiro atoms. The summed E-state index contributed by atoms with van der Waals surface area (Å²) in [5.41, 5.74) is 8.66. The number of hydrogen-bond acceptors (Lipinski definition) is 1. The average Bonchev–Trinajstić information content (AvgIpc) is 2.32. The van der Waals surface area contributed by atoms with Gasteiger partial charge in [0.2, 0.25) is 0 Å². The highest BCUT2D eigenvalue weighted by Crippen LogP contribution is 2.24. The van der Waals surface area contributed by atoms with E-state index in [0.717, 1.165) is 16.5 Å². The summed E-state index contributed by atoms with van der Waals surface area (Å²) < 4.78 is 2.33. The molecular formula is C14H13BrIN. The topological polar surface area (TPSA) is 26.0 Å². The van der Waals surface area contributed by atoms with Crippen molar-refractivity contribution in [2.75, 3.05) is 0 Å². The molecule has 2 rings (SSSR count). The fraction of sp³-hybridized carbons (Fsp3) is 0.143. The maximum atomic E-state index is 6.23. The SMILES string of the molecule is NC(Cc1ccc(I)cc1)c1ccccc1Br. The first-order valence-electron chi connectivity index (χ1n) is 5.41. The Kier molecular flexibility index (Phi) is 4.59. The van der Waals surface area contributed by atoms with Gasteiger partial charge in [0.15, 0.2) is 0 Å². The van der Waals surface area contributed by atoms with Gasteiger partial charge in [0, 0.05) is 14.1 Å². The Labute approximate surface area is 124 Å². The van der Waals surface area contributed by atoms with E-state index >= 15 is 0 Å². The van der Waals surface area contributed by atoms with Crippen LogP contribution in [0.25, 0.3) is 0 Å². The summed E-state index contributed by atoms with van der Waals surface area (Å²) >= 11 is 5.85. The van der Waals surface area contributed by atoms with E-state index in [-0.39, 0.29) is 6.04 Å². The first-order valence-corrected chi connectivity index (χ1v) is 7.28. The molecule has 0 bridgehead atoms. The van der Waals surface area contributed by atoms with Gasteiger partial charge in [-0.3, -0.25) is 0 Å². The quantitative estimate of drug-likeness (QED) is 0.762. The van der Waals surface area contributed by atoms with Gasteiger partial charge in [-0.05, 0) is 58.3 Å². The van der Waals surface area contributed by atoms with Crippen molar-refractivity contribution < 1.29 is 0 Å². The summed E-state index contributed by atoms with van der Waals surface area (Å²) in [7, 11) is 0. The minimum atomic E-state index is 0.0330. The van der Waals surface area contributed by atoms with Crippen LogP contribution in [0, 0.1) is 3.57 Å². The first kappa shape index (κ1) is 13.1. The Bertz CT molecular complexity index is 496. The predicted octanol–water partition coefficient (Wildman–Crippen LogP) is 4.30. The van der Waals surface area contributed by atoms with Crippen molar-refractivity contribution in [2.24, 2.45) is 5.73 Å². The van der Waals surface area contributed by atoms with E-state index in [2.05, 4.69) is 68.9 Å². The molecule has 0 aliphatic carbocycles. The minimum Gasteiger partial charge on any atom is -0.324 e. The van der Waals surface area contributed by atoms with Crippen LogP contribution in [-0.4, -0.2) is 0 Å². The maximum absolute atomic E-state index is 6.23. The molecule has 0 fully saturated rings. The Morgan fingerprint density at radius 2 is 1.71 bits per heavy atom. The number of rotatable bonds is 3. The van der Waals surface area contributed by atoms with Crippen LogP contribution < -0.4 is 5.73 Å². The molecule has 17 heavy (non-hydrogen) atoms. The van der Waals surface area contributed by atoms with E-state index < -0.39 is 0 Å². The van der Waals surface area contributed by atoms with Gasteiger partial charge in [-0.2, -0.15) is 0 Å². The van der Waals surface area contributed by atoms with Crippen LogP contribution >= 0.6 is 38.5 Å². The predicted molar refractivity (Wildman–Crippen MR) is 83.9 cm³/mol. The van der Waals surface area contributed by atoms with Crippen molar-refractivity contribution >= 4 is 38.5 Å². The molecule has 0 amide bonds. The van der Waals surface area contributed by atoms with Gasteiger partial charge < -0.3 is 5.73 Å². The zero-order valence-corrected chi connectivity index (χ0v) is 13.0. The summed E-state index contributed by atoms with van der Waals surface area (Å²) in [6.45, 7) is 0. The molecule has 0 aliphatic heterocycles. The van der Waals surface area contributed by atoms with Gasteiger partial charge in [-0.25, -0.2) is 0 Å². The van der Waals surface area contributed by atoms with Gasteiger partial charge in [0.1, 0.15) is 0 Å². The molecule has 2 N–H and O–H groups in total. The summed E-state index contributed by atoms with van der Waals surface area (Å²) in [4.78, 5) is 0. The Morgan fingerprint density at radius 1 is 1.06 bits per heavy atom. The van der Waals surface area contributed by atoms with Crippen molar-refractivity contribution in [3.05, 3.63) is 67.7 Å². The largest absolute Gasteiger partial charge is 0.324 e. The third-order valence-corrected chi connectivity index (χ3v) is 4.11. The third-order valence-electron chi connectivity index (χ3n) is 2.67. The second kappa shape index (κ2) is 5.98. The van der Waals surface area contributed by atoms with Gasteiger partial charge in [-0.15, -0.1) is 0 Å². The van der Waals surface area contributed by atoms with Crippen LogP contribution in [0.2, 0.25) is 0 Å². The van der Waals surface area contributed by atoms with Crippen molar-refractivity contribution in [3.8, 4) is 0 Å². The highest BCUT2D eigenvalue weighted by molar-refractivity contribution is 14.1. The fourth-order valence-corrected chi connectivity index (χ4v) is 2.70. The molecule has 3 heteroatoms. The van der Waals surface area contributed by atoms with Crippen LogP contribution in [0.4, 0.5) is 0 Å². The van der Waals surface area contributed by atoms with Crippen molar-refractivity contribution in [1.29, 1.82) is 0 Å². The smallest absolute Gasteiger partial charge is 0.0347 e. The average molecular weight is 402 g/mol. The summed E-state index contributed by atoms with van der Waals surface area (Å²) in [5.74, 6) is 0. The lowest BCUT2D eigenvalue weighted by Gasteiger charge is -2.13. The molecule has 0 aromatic heterocycles. The molecule has 0 heterocycles. The Balaban J connectivity index is 2.14. The number of halogens is 2. The van der Waals surface area contributed by atoms with E-state index in [9.17, 15) is 0 Å². The summed E-state index contributed by atoms with van der Waals surface area (Å²) in [6, 6.07) is 16.7. The molecule has 1 atom stereocenters. The lowest BCUT2D eigenvalue weighted by Crippen LogP contribution is -2.13. The molecule has 0 aliphatic rings. The van der Waals surface area contributed by atoms with Gasteiger partial charge in [0.25, 0.3) is 0 Å². The number of nitrogens with two attached hydrogens (primary N) is 1. The number of hydrogen-bond donors (Lipinski definition) is 1. The standard InChI is InChI=1S/C14H13BrIN/c15-13-4-2-1-3-12(13)14(17)9-10-5-7-11(16)8-6-10/h1-8,14H,9,17H2. The highest BCUT2D eigenvalue weighted by atomic mass is 127. The first-order chi connectivity index (χ1) is 8.16. The molecule has 2 aromatic carbocycles. The Hall–Kier alpha value is -0.390. The highest BCUT2D eigenvalue weighted by Gasteiger charge is 2.09. The van der Waals surface area contributed by atoms with E-state index in [1.165, 1.54) is 9.13 Å². The van der Waals surface area contributed by atoms with E-state index in [1.807, 2.05) is 18.2 Å². The molecule has 1 nitrogen and oxygen atoms in total. The van der Waals surface area contributed by atoms with E-state index in [4.69, 9.17) is 5.73 Å². The normalized spacial score (nSPS) is 12.4. The summed E-state index contributed by atoms with van der Waals surface area (Å²) in [5, 5.41) is 0. The van der Waals surface area contributed by atoms with Gasteiger partial charge in [0.05, 0.1) is 0 Å². The van der Waals surface area contributed by atoms with Crippen LogP contribution in [0.15, 0.2) is 53.0 Å². The molecule has 0 radical (unpaired) electrons. The van der Waals surface area contributed by atoms with Gasteiger partial charge in [-0.1, -0.05) is 46.3 Å². The second-order valence-corrected chi connectivity index (χ2v) is 6.06. The summed E-state index contributed by atoms with van der Waals surface area (Å²) in [6.07, 6.45) is 0.861.